The summed E-state index contributed by atoms with van der Waals surface area (Å²) in [6.07, 6.45) is 8.24. The molecule has 8 rings (SSSR count). The number of fused-ring (bicyclic) bond motifs is 5. The number of esters is 1. The van der Waals surface area contributed by atoms with Crippen LogP contribution in [0.2, 0.25) is 0 Å². The molecule has 2 amide bonds. The number of rotatable bonds is 10. The number of carbonyl (C=O) groups excluding carboxylic acids is 2. The number of nitrogens with one attached hydrogen (secondary N) is 1. The summed E-state index contributed by atoms with van der Waals surface area (Å²) in [5, 5.41) is 7.30. The van der Waals surface area contributed by atoms with Crippen molar-refractivity contribution in [2.45, 2.75) is 102 Å². The molecule has 4 aromatic rings. The Kier molecular flexibility index (Phi) is 11.4. The van der Waals surface area contributed by atoms with Crippen LogP contribution >= 0.6 is 11.3 Å². The van der Waals surface area contributed by atoms with Crippen LogP contribution in [0, 0.1) is 5.92 Å². The maximum absolute atomic E-state index is 14.9. The van der Waals surface area contributed by atoms with Crippen LogP contribution in [0.4, 0.5) is 4.79 Å². The van der Waals surface area contributed by atoms with Gasteiger partial charge in [-0.3, -0.25) is 10.1 Å². The molecule has 5 heterocycles. The highest BCUT2D eigenvalue weighted by Crippen LogP contribution is 2.49. The van der Waals surface area contributed by atoms with E-state index in [1.165, 1.54) is 0 Å². The lowest BCUT2D eigenvalue weighted by molar-refractivity contribution is -0.147. The van der Waals surface area contributed by atoms with Gasteiger partial charge in [0.2, 0.25) is 0 Å². The van der Waals surface area contributed by atoms with Crippen molar-refractivity contribution in [1.82, 2.24) is 25.1 Å². The summed E-state index contributed by atoms with van der Waals surface area (Å²) in [4.78, 5) is 42.1. The van der Waals surface area contributed by atoms with Crippen molar-refractivity contribution in [3.63, 3.8) is 0 Å². The molecule has 3 fully saturated rings. The van der Waals surface area contributed by atoms with E-state index in [9.17, 15) is 9.59 Å². The van der Waals surface area contributed by atoms with Crippen molar-refractivity contribution in [3.8, 4) is 28.0 Å². The van der Waals surface area contributed by atoms with Crippen molar-refractivity contribution in [2.75, 3.05) is 33.9 Å². The molecule has 13 heteroatoms. The van der Waals surface area contributed by atoms with Crippen LogP contribution in [0.1, 0.15) is 76.5 Å². The molecular weight excluding hydrogens is 743 g/mol. The second-order valence-corrected chi connectivity index (χ2v) is 16.7. The molecule has 1 saturated carbocycles. The molecule has 57 heavy (non-hydrogen) atoms. The van der Waals surface area contributed by atoms with Crippen LogP contribution in [0.5, 0.6) is 17.2 Å². The van der Waals surface area contributed by atoms with Gasteiger partial charge in [-0.25, -0.2) is 14.8 Å². The second-order valence-electron chi connectivity index (χ2n) is 15.8. The van der Waals surface area contributed by atoms with Gasteiger partial charge >= 0.3 is 12.0 Å². The fourth-order valence-electron chi connectivity index (χ4n) is 8.21. The number of nitrogens with zero attached hydrogens (tertiary/aromatic N) is 4. The number of aromatic nitrogens is 2. The van der Waals surface area contributed by atoms with Crippen LogP contribution in [0.3, 0.4) is 0 Å². The number of carbonyl (C=O) groups is 2. The third-order valence-electron chi connectivity index (χ3n) is 11.6. The lowest BCUT2D eigenvalue weighted by atomic mass is 10.1. The number of pyridine rings is 1. The number of methoxy groups -OCH3 is 2. The second kappa shape index (κ2) is 16.6. The maximum Gasteiger partial charge on any atom is 0.327 e. The Labute approximate surface area is 338 Å². The first-order valence-electron chi connectivity index (χ1n) is 20.3. The van der Waals surface area contributed by atoms with Crippen LogP contribution in [0.15, 0.2) is 66.1 Å². The molecule has 2 aromatic carbocycles. The fraction of sp³-hybridized carbons (Fsp3) is 0.500. The third-order valence-corrected chi connectivity index (χ3v) is 12.5. The molecule has 3 aliphatic heterocycles. The Morgan fingerprint density at radius 3 is 2.61 bits per heavy atom. The van der Waals surface area contributed by atoms with Gasteiger partial charge in [-0.2, -0.15) is 0 Å². The molecule has 2 unspecified atom stereocenters. The van der Waals surface area contributed by atoms with E-state index in [1.807, 2.05) is 65.3 Å². The average molecular weight is 796 g/mol. The molecule has 302 valence electrons. The molecule has 0 spiro atoms. The van der Waals surface area contributed by atoms with Gasteiger partial charge < -0.3 is 33.5 Å². The van der Waals surface area contributed by atoms with Gasteiger partial charge in [-0.15, -0.1) is 11.3 Å². The first-order valence-corrected chi connectivity index (χ1v) is 21.1. The minimum Gasteiger partial charge on any atom is -0.497 e. The van der Waals surface area contributed by atoms with Crippen molar-refractivity contribution < 1.29 is 33.3 Å². The molecule has 0 radical (unpaired) electrons. The Bertz CT molecular complexity index is 2110. The highest BCUT2D eigenvalue weighted by Gasteiger charge is 2.65. The van der Waals surface area contributed by atoms with Crippen LogP contribution in [0.25, 0.3) is 21.6 Å². The number of thiazole rings is 1. The highest BCUT2D eigenvalue weighted by molar-refractivity contribution is 7.13. The highest BCUT2D eigenvalue weighted by atomic mass is 32.1. The number of benzene rings is 2. The molecule has 2 aromatic heterocycles. The molecule has 0 bridgehead atoms. The number of epoxide rings is 1. The number of allylic oxidation sites excluding steroid dienone is 1. The minimum absolute atomic E-state index is 0.0360. The summed E-state index contributed by atoms with van der Waals surface area (Å²) < 4.78 is 29.9. The predicted octanol–water partition coefficient (Wildman–Crippen LogP) is 7.71. The van der Waals surface area contributed by atoms with Gasteiger partial charge in [0.15, 0.2) is 0 Å². The van der Waals surface area contributed by atoms with Gasteiger partial charge in [0.1, 0.15) is 51.9 Å². The summed E-state index contributed by atoms with van der Waals surface area (Å²) in [5.74, 6) is 2.22. The standard InChI is InChI=1S/C44H53N5O7S/c1-6-54-42(50)44-23-29(44)12-10-8-7-9-11-19-48(24-28-13-15-30(52-4)16-14-28)43(51)49-25-32(21-37(49)39-40(47-44)56-39)55-38-22-35(41-46-36(26-57-41)27(2)3)45-34-20-31(53-5)17-18-33(34)38/h10,12-18,20,22,26-27,29,32,37,39-40,47H,6-9,11,19,21,23-25H2,1-5H3/b12-10-/t29-,32-,37+,39?,40?,44-/m1/s1. The van der Waals surface area contributed by atoms with Gasteiger partial charge in [-0.05, 0) is 68.4 Å². The van der Waals surface area contributed by atoms with Gasteiger partial charge in [0, 0.05) is 48.3 Å². The number of hydrogen-bond donors (Lipinski definition) is 1. The van der Waals surface area contributed by atoms with Gasteiger partial charge in [0.05, 0.1) is 44.6 Å². The monoisotopic (exact) mass is 795 g/mol. The summed E-state index contributed by atoms with van der Waals surface area (Å²) in [6.45, 7) is 7.85. The first-order chi connectivity index (χ1) is 27.7. The zero-order valence-electron chi connectivity index (χ0n) is 33.4. The number of ether oxygens (including phenoxy) is 5. The van der Waals surface area contributed by atoms with E-state index < -0.39 is 11.8 Å². The number of amides is 2. The molecule has 2 saturated heterocycles. The lowest BCUT2D eigenvalue weighted by Gasteiger charge is -2.31. The van der Waals surface area contributed by atoms with Crippen molar-refractivity contribution in [2.24, 2.45) is 5.92 Å². The third kappa shape index (κ3) is 8.33. The predicted molar refractivity (Wildman–Crippen MR) is 219 cm³/mol. The quantitative estimate of drug-likeness (QED) is 0.0969. The van der Waals surface area contributed by atoms with Gasteiger partial charge in [-0.1, -0.05) is 44.6 Å². The molecule has 1 N–H and O–H groups in total. The van der Waals surface area contributed by atoms with Crippen molar-refractivity contribution in [1.29, 1.82) is 0 Å². The average Bonchev–Trinajstić information content (AvgIpc) is 3.99. The van der Waals surface area contributed by atoms with E-state index in [2.05, 4.69) is 36.7 Å². The number of urea groups is 1. The molecule has 4 aliphatic rings. The fourth-order valence-corrected chi connectivity index (χ4v) is 9.15. The van der Waals surface area contributed by atoms with Crippen molar-refractivity contribution >= 4 is 34.2 Å². The van der Waals surface area contributed by atoms with Crippen LogP contribution < -0.4 is 19.5 Å². The van der Waals surface area contributed by atoms with E-state index in [0.717, 1.165) is 64.3 Å². The topological polar surface area (TPSA) is 128 Å². The van der Waals surface area contributed by atoms with Crippen molar-refractivity contribution in [3.05, 3.63) is 77.3 Å². The lowest BCUT2D eigenvalue weighted by Crippen LogP contribution is -2.50. The summed E-state index contributed by atoms with van der Waals surface area (Å²) >= 11 is 1.57. The SMILES string of the molecule is CCOC(=O)[C@@]12C[C@H]1/C=C\CCCCCN(Cc1ccc(OC)cc1)C(=O)N1C[C@H](Oc3cc(-c4nc(C(C)C)cs4)nc4cc(OC)ccc34)C[C@H]1C1OC1N2. The zero-order valence-corrected chi connectivity index (χ0v) is 34.3. The Balaban J connectivity index is 1.11. The zero-order chi connectivity index (χ0) is 39.7. The normalized spacial score (nSPS) is 26.7. The largest absolute Gasteiger partial charge is 0.497 e. The maximum atomic E-state index is 14.9. The van der Waals surface area contributed by atoms with E-state index in [4.69, 9.17) is 33.7 Å². The molecule has 1 aliphatic carbocycles. The Morgan fingerprint density at radius 2 is 1.86 bits per heavy atom. The smallest absolute Gasteiger partial charge is 0.327 e. The molecule has 6 atom stereocenters. The molecule has 12 nitrogen and oxygen atoms in total. The number of hydrogen-bond acceptors (Lipinski definition) is 11. The Morgan fingerprint density at radius 1 is 1.05 bits per heavy atom. The first kappa shape index (κ1) is 39.1. The van der Waals surface area contributed by atoms with Crippen LogP contribution in [-0.2, 0) is 20.8 Å². The van der Waals surface area contributed by atoms with E-state index in [1.54, 1.807) is 25.6 Å². The van der Waals surface area contributed by atoms with Crippen LogP contribution in [-0.4, -0.2) is 95.7 Å². The summed E-state index contributed by atoms with van der Waals surface area (Å²) in [7, 11) is 3.30. The van der Waals surface area contributed by atoms with Gasteiger partial charge in [0.25, 0.3) is 0 Å². The Hall–Kier alpha value is -4.72. The summed E-state index contributed by atoms with van der Waals surface area (Å²) in [5.41, 5.74) is 2.67. The van der Waals surface area contributed by atoms with E-state index in [-0.39, 0.29) is 36.2 Å². The molecular formula is C44H53N5O7S. The van der Waals surface area contributed by atoms with E-state index >= 15 is 0 Å². The minimum atomic E-state index is -0.828. The van der Waals surface area contributed by atoms with E-state index in [0.29, 0.717) is 56.5 Å². The summed E-state index contributed by atoms with van der Waals surface area (Å²) in [6, 6.07) is 15.3.